The summed E-state index contributed by atoms with van der Waals surface area (Å²) in [4.78, 5) is 4.47. The van der Waals surface area contributed by atoms with Crippen molar-refractivity contribution in [2.75, 3.05) is 6.61 Å². The normalized spacial score (nSPS) is 20.1. The first kappa shape index (κ1) is 14.2. The molecule has 2 rings (SSSR count). The van der Waals surface area contributed by atoms with Gasteiger partial charge in [0, 0.05) is 6.61 Å². The van der Waals surface area contributed by atoms with E-state index in [0.29, 0.717) is 24.7 Å². The fourth-order valence-electron chi connectivity index (χ4n) is 2.68. The largest absolute Gasteiger partial charge is 0.367 e. The van der Waals surface area contributed by atoms with E-state index in [9.17, 15) is 0 Å². The van der Waals surface area contributed by atoms with Crippen molar-refractivity contribution in [3.63, 3.8) is 0 Å². The Kier molecular flexibility index (Phi) is 4.71. The third kappa shape index (κ3) is 3.04. The highest BCUT2D eigenvalue weighted by atomic mass is 16.5. The maximum Gasteiger partial charge on any atom is 0.243 e. The highest BCUT2D eigenvalue weighted by molar-refractivity contribution is 5.05. The van der Waals surface area contributed by atoms with E-state index in [0.717, 1.165) is 25.7 Å². The van der Waals surface area contributed by atoms with Crippen molar-refractivity contribution >= 4 is 0 Å². The third-order valence-corrected chi connectivity index (χ3v) is 3.67. The SMILES string of the molecule is C=CCC(N)c1nc(C2(OCC)CCCCC2)no1. The highest BCUT2D eigenvalue weighted by Gasteiger charge is 2.39. The molecule has 0 bridgehead atoms. The Morgan fingerprint density at radius 1 is 1.47 bits per heavy atom. The van der Waals surface area contributed by atoms with Crippen molar-refractivity contribution < 1.29 is 9.26 Å². The molecule has 1 aromatic rings. The highest BCUT2D eigenvalue weighted by Crippen LogP contribution is 2.39. The van der Waals surface area contributed by atoms with Crippen LogP contribution in [-0.4, -0.2) is 16.7 Å². The van der Waals surface area contributed by atoms with Gasteiger partial charge in [-0.2, -0.15) is 4.98 Å². The molecule has 0 saturated heterocycles. The van der Waals surface area contributed by atoms with Gasteiger partial charge in [0.05, 0.1) is 6.04 Å². The van der Waals surface area contributed by atoms with Gasteiger partial charge in [0.2, 0.25) is 11.7 Å². The molecule has 1 aliphatic carbocycles. The van der Waals surface area contributed by atoms with Crippen LogP contribution in [0.4, 0.5) is 0 Å². The van der Waals surface area contributed by atoms with E-state index in [1.807, 2.05) is 6.92 Å². The zero-order valence-corrected chi connectivity index (χ0v) is 11.6. The van der Waals surface area contributed by atoms with Crippen LogP contribution in [0, 0.1) is 0 Å². The first-order valence-corrected chi connectivity index (χ1v) is 7.06. The fourth-order valence-corrected chi connectivity index (χ4v) is 2.68. The van der Waals surface area contributed by atoms with E-state index in [1.165, 1.54) is 6.42 Å². The molecule has 1 heterocycles. The van der Waals surface area contributed by atoms with E-state index in [2.05, 4.69) is 16.7 Å². The number of ether oxygens (including phenoxy) is 1. The lowest BCUT2D eigenvalue weighted by molar-refractivity contribution is -0.0777. The molecule has 19 heavy (non-hydrogen) atoms. The molecule has 1 saturated carbocycles. The molecule has 0 radical (unpaired) electrons. The number of hydrogen-bond acceptors (Lipinski definition) is 5. The second-order valence-electron chi connectivity index (χ2n) is 5.08. The van der Waals surface area contributed by atoms with Crippen LogP contribution in [0.25, 0.3) is 0 Å². The molecule has 1 aliphatic rings. The Morgan fingerprint density at radius 3 is 2.84 bits per heavy atom. The second kappa shape index (κ2) is 6.30. The van der Waals surface area contributed by atoms with Crippen LogP contribution in [0.5, 0.6) is 0 Å². The van der Waals surface area contributed by atoms with Gasteiger partial charge >= 0.3 is 0 Å². The molecule has 1 atom stereocenters. The van der Waals surface area contributed by atoms with Gasteiger partial charge in [0.15, 0.2) is 0 Å². The fraction of sp³-hybridized carbons (Fsp3) is 0.714. The summed E-state index contributed by atoms with van der Waals surface area (Å²) in [5, 5.41) is 4.11. The monoisotopic (exact) mass is 265 g/mol. The summed E-state index contributed by atoms with van der Waals surface area (Å²) in [6.45, 7) is 6.33. The molecule has 0 aromatic carbocycles. The third-order valence-electron chi connectivity index (χ3n) is 3.67. The summed E-state index contributed by atoms with van der Waals surface area (Å²) >= 11 is 0. The van der Waals surface area contributed by atoms with Crippen LogP contribution in [0.1, 0.15) is 63.2 Å². The van der Waals surface area contributed by atoms with Crippen molar-refractivity contribution in [1.29, 1.82) is 0 Å². The van der Waals surface area contributed by atoms with Crippen LogP contribution in [0.3, 0.4) is 0 Å². The molecule has 5 heteroatoms. The number of hydrogen-bond donors (Lipinski definition) is 1. The molecular formula is C14H23N3O2. The predicted molar refractivity (Wildman–Crippen MR) is 72.4 cm³/mol. The molecular weight excluding hydrogens is 242 g/mol. The predicted octanol–water partition coefficient (Wildman–Crippen LogP) is 2.84. The Balaban J connectivity index is 2.20. The van der Waals surface area contributed by atoms with Crippen LogP contribution in [0.15, 0.2) is 17.2 Å². The van der Waals surface area contributed by atoms with Gasteiger partial charge < -0.3 is 15.0 Å². The first-order chi connectivity index (χ1) is 9.22. The van der Waals surface area contributed by atoms with Crippen LogP contribution >= 0.6 is 0 Å². The van der Waals surface area contributed by atoms with E-state index < -0.39 is 0 Å². The molecule has 106 valence electrons. The number of rotatable bonds is 6. The standard InChI is InChI=1S/C14H23N3O2/c1-3-8-11(15)12-16-13(17-19-12)14(18-4-2)9-6-5-7-10-14/h3,11H,1,4-10,15H2,2H3. The van der Waals surface area contributed by atoms with Crippen molar-refractivity contribution in [2.24, 2.45) is 5.73 Å². The maximum atomic E-state index is 5.96. The van der Waals surface area contributed by atoms with Crippen molar-refractivity contribution in [3.8, 4) is 0 Å². The molecule has 0 spiro atoms. The Bertz CT molecular complexity index is 405. The lowest BCUT2D eigenvalue weighted by Gasteiger charge is -2.33. The van der Waals surface area contributed by atoms with Gasteiger partial charge in [-0.3, -0.25) is 0 Å². The van der Waals surface area contributed by atoms with E-state index in [4.69, 9.17) is 15.0 Å². The summed E-state index contributed by atoms with van der Waals surface area (Å²) in [6, 6.07) is -0.277. The van der Waals surface area contributed by atoms with Gasteiger partial charge in [-0.15, -0.1) is 6.58 Å². The van der Waals surface area contributed by atoms with Crippen LogP contribution < -0.4 is 5.73 Å². The lowest BCUT2D eigenvalue weighted by atomic mass is 9.84. The number of nitrogens with zero attached hydrogens (tertiary/aromatic N) is 2. The topological polar surface area (TPSA) is 74.2 Å². The molecule has 1 unspecified atom stereocenters. The minimum Gasteiger partial charge on any atom is -0.367 e. The van der Waals surface area contributed by atoms with Crippen LogP contribution in [-0.2, 0) is 10.3 Å². The van der Waals surface area contributed by atoms with Crippen molar-refractivity contribution in [1.82, 2.24) is 10.1 Å². The minimum absolute atomic E-state index is 0.277. The van der Waals surface area contributed by atoms with Gasteiger partial charge in [-0.05, 0) is 26.2 Å². The molecule has 1 aromatic heterocycles. The second-order valence-corrected chi connectivity index (χ2v) is 5.08. The molecule has 2 N–H and O–H groups in total. The number of nitrogens with two attached hydrogens (primary N) is 1. The maximum absolute atomic E-state index is 5.96. The zero-order chi connectivity index (χ0) is 13.7. The summed E-state index contributed by atoms with van der Waals surface area (Å²) < 4.78 is 11.3. The quantitative estimate of drug-likeness (QED) is 0.800. The number of aromatic nitrogens is 2. The lowest BCUT2D eigenvalue weighted by Crippen LogP contribution is -2.33. The Hall–Kier alpha value is -1.20. The summed E-state index contributed by atoms with van der Waals surface area (Å²) in [6.07, 6.45) is 7.82. The van der Waals surface area contributed by atoms with Gasteiger partial charge in [0.25, 0.3) is 0 Å². The zero-order valence-electron chi connectivity index (χ0n) is 11.6. The Labute approximate surface area is 114 Å². The molecule has 0 aliphatic heterocycles. The summed E-state index contributed by atoms with van der Waals surface area (Å²) in [7, 11) is 0. The van der Waals surface area contributed by atoms with Crippen molar-refractivity contribution in [2.45, 2.75) is 57.1 Å². The van der Waals surface area contributed by atoms with Gasteiger partial charge in [-0.25, -0.2) is 0 Å². The molecule has 5 nitrogen and oxygen atoms in total. The minimum atomic E-state index is -0.372. The van der Waals surface area contributed by atoms with Crippen LogP contribution in [0.2, 0.25) is 0 Å². The van der Waals surface area contributed by atoms with Gasteiger partial charge in [-0.1, -0.05) is 30.5 Å². The first-order valence-electron chi connectivity index (χ1n) is 7.06. The Morgan fingerprint density at radius 2 is 2.21 bits per heavy atom. The summed E-state index contributed by atoms with van der Waals surface area (Å²) in [5.74, 6) is 1.13. The van der Waals surface area contributed by atoms with Gasteiger partial charge in [0.1, 0.15) is 5.60 Å². The average Bonchev–Trinajstić information content (AvgIpc) is 2.91. The molecule has 0 amide bonds. The van der Waals surface area contributed by atoms with E-state index in [-0.39, 0.29) is 11.6 Å². The van der Waals surface area contributed by atoms with Crippen molar-refractivity contribution in [3.05, 3.63) is 24.4 Å². The average molecular weight is 265 g/mol. The summed E-state index contributed by atoms with van der Waals surface area (Å²) in [5.41, 5.74) is 5.58. The van der Waals surface area contributed by atoms with E-state index in [1.54, 1.807) is 6.08 Å². The smallest absolute Gasteiger partial charge is 0.243 e. The molecule has 1 fully saturated rings. The van der Waals surface area contributed by atoms with E-state index >= 15 is 0 Å².